The summed E-state index contributed by atoms with van der Waals surface area (Å²) >= 11 is 1.08. The first-order valence-corrected chi connectivity index (χ1v) is 13.2. The topological polar surface area (TPSA) is 105 Å². The number of carboxylic acid groups (broad SMARTS) is 1. The normalized spacial score (nSPS) is 15.2. The third kappa shape index (κ3) is 7.81. The van der Waals surface area contributed by atoms with Crippen LogP contribution in [0.15, 0.2) is 41.3 Å². The van der Waals surface area contributed by atoms with Gasteiger partial charge in [-0.15, -0.1) is 24.9 Å². The molecule has 39 heavy (non-hydrogen) atoms. The number of esters is 1. The second-order valence-corrected chi connectivity index (χ2v) is 11.1. The first-order chi connectivity index (χ1) is 18.2. The second kappa shape index (κ2) is 12.2. The number of hydrogen-bond donors (Lipinski definition) is 2. The van der Waals surface area contributed by atoms with Crippen molar-refractivity contribution in [1.82, 2.24) is 4.90 Å². The van der Waals surface area contributed by atoms with Gasteiger partial charge in [-0.05, 0) is 94.5 Å². The van der Waals surface area contributed by atoms with Gasteiger partial charge in [0.05, 0.1) is 12.2 Å². The number of hydrogen-bond acceptors (Lipinski definition) is 6. The van der Waals surface area contributed by atoms with Crippen molar-refractivity contribution < 1.29 is 42.1 Å². The van der Waals surface area contributed by atoms with Gasteiger partial charge in [-0.2, -0.15) is 0 Å². The van der Waals surface area contributed by atoms with Gasteiger partial charge in [0.25, 0.3) is 0 Å². The summed E-state index contributed by atoms with van der Waals surface area (Å²) in [4.78, 5) is 39.7. The summed E-state index contributed by atoms with van der Waals surface area (Å²) in [5.74, 6) is -1.94. The van der Waals surface area contributed by atoms with Gasteiger partial charge < -0.3 is 24.8 Å². The number of amides is 2. The zero-order valence-corrected chi connectivity index (χ0v) is 22.9. The number of likely N-dealkylation sites (N-methyl/N-ethyl adjacent to an activating group) is 1. The molecule has 1 unspecified atom stereocenters. The monoisotopic (exact) mass is 568 g/mol. The van der Waals surface area contributed by atoms with E-state index in [9.17, 15) is 32.7 Å². The lowest BCUT2D eigenvalue weighted by atomic mass is 9.86. The van der Waals surface area contributed by atoms with Crippen molar-refractivity contribution in [2.45, 2.75) is 69.0 Å². The minimum Gasteiger partial charge on any atom is -0.480 e. The third-order valence-electron chi connectivity index (χ3n) is 6.26. The number of carbonyl (C=O) groups excluding carboxylic acids is 2. The number of nitrogens with zero attached hydrogens (tertiary/aromatic N) is 1. The fourth-order valence-corrected chi connectivity index (χ4v) is 5.40. The zero-order chi connectivity index (χ0) is 29.0. The number of fused-ring (bicyclic) bond motifs is 1. The molecule has 0 saturated carbocycles. The van der Waals surface area contributed by atoms with E-state index < -0.39 is 34.8 Å². The van der Waals surface area contributed by atoms with E-state index in [-0.39, 0.29) is 18.2 Å². The number of benzene rings is 2. The van der Waals surface area contributed by atoms with Crippen LogP contribution in [0, 0.1) is 0 Å². The maximum Gasteiger partial charge on any atom is 0.573 e. The lowest BCUT2D eigenvalue weighted by molar-refractivity contribution is -0.274. The molecule has 2 aromatic carbocycles. The van der Waals surface area contributed by atoms with Gasteiger partial charge in [-0.1, -0.05) is 0 Å². The molecule has 0 saturated heterocycles. The molecule has 212 valence electrons. The Bertz CT molecular complexity index is 1220. The molecule has 0 bridgehead atoms. The number of aliphatic carboxylic acids is 1. The SMILES string of the molecule is CCOC(=O)c1cc2c(cc1SC(C)(C)C(=O)O)CCC(N(CC)C(=O)Nc1ccc(OC(F)(F)F)cc1)C2. The number of ether oxygens (including phenoxy) is 2. The predicted molar refractivity (Wildman–Crippen MR) is 140 cm³/mol. The Kier molecular flexibility index (Phi) is 9.42. The summed E-state index contributed by atoms with van der Waals surface area (Å²) in [5.41, 5.74) is 2.44. The molecule has 3 rings (SSSR count). The van der Waals surface area contributed by atoms with Gasteiger partial charge in [0, 0.05) is 23.2 Å². The molecule has 1 aliphatic carbocycles. The van der Waals surface area contributed by atoms with Crippen molar-refractivity contribution in [2.75, 3.05) is 18.5 Å². The number of halogens is 3. The highest BCUT2D eigenvalue weighted by atomic mass is 32.2. The Balaban J connectivity index is 1.80. The van der Waals surface area contributed by atoms with Crippen LogP contribution >= 0.6 is 11.8 Å². The Morgan fingerprint density at radius 3 is 2.33 bits per heavy atom. The molecular formula is C27H31F3N2O6S. The Morgan fingerprint density at radius 2 is 1.77 bits per heavy atom. The molecule has 2 amide bonds. The highest BCUT2D eigenvalue weighted by Gasteiger charge is 2.34. The number of nitrogens with one attached hydrogen (secondary N) is 1. The second-order valence-electron chi connectivity index (χ2n) is 9.44. The highest BCUT2D eigenvalue weighted by molar-refractivity contribution is 8.01. The minimum atomic E-state index is -4.81. The van der Waals surface area contributed by atoms with Crippen LogP contribution in [0.25, 0.3) is 0 Å². The number of anilines is 1. The molecule has 2 N–H and O–H groups in total. The van der Waals surface area contributed by atoms with Crippen molar-refractivity contribution in [3.63, 3.8) is 0 Å². The van der Waals surface area contributed by atoms with Crippen molar-refractivity contribution in [2.24, 2.45) is 0 Å². The van der Waals surface area contributed by atoms with Crippen molar-refractivity contribution in [3.8, 4) is 5.75 Å². The first kappa shape index (κ1) is 30.1. The predicted octanol–water partition coefficient (Wildman–Crippen LogP) is 6.13. The van der Waals surface area contributed by atoms with Crippen molar-refractivity contribution in [3.05, 3.63) is 53.1 Å². The molecule has 1 atom stereocenters. The van der Waals surface area contributed by atoms with Gasteiger partial charge >= 0.3 is 24.3 Å². The smallest absolute Gasteiger partial charge is 0.480 e. The van der Waals surface area contributed by atoms with Gasteiger partial charge in [-0.25, -0.2) is 9.59 Å². The summed E-state index contributed by atoms with van der Waals surface area (Å²) in [5, 5.41) is 12.3. The Hall–Kier alpha value is -3.41. The fourth-order valence-electron chi connectivity index (χ4n) is 4.31. The maximum absolute atomic E-state index is 13.1. The molecule has 8 nitrogen and oxygen atoms in total. The molecule has 12 heteroatoms. The van der Waals surface area contributed by atoms with Gasteiger partial charge in [0.15, 0.2) is 0 Å². The van der Waals surface area contributed by atoms with Crippen LogP contribution in [0.2, 0.25) is 0 Å². The molecule has 0 spiro atoms. The molecule has 0 aliphatic heterocycles. The largest absolute Gasteiger partial charge is 0.573 e. The minimum absolute atomic E-state index is 0.165. The van der Waals surface area contributed by atoms with Crippen molar-refractivity contribution >= 4 is 35.4 Å². The van der Waals surface area contributed by atoms with Crippen molar-refractivity contribution in [1.29, 1.82) is 0 Å². The number of rotatable bonds is 9. The van der Waals surface area contributed by atoms with E-state index >= 15 is 0 Å². The average Bonchev–Trinajstić information content (AvgIpc) is 2.84. The number of thioether (sulfide) groups is 1. The zero-order valence-electron chi connectivity index (χ0n) is 22.1. The maximum atomic E-state index is 13.1. The van der Waals surface area contributed by atoms with E-state index in [1.807, 2.05) is 13.0 Å². The van der Waals surface area contributed by atoms with E-state index in [0.29, 0.717) is 36.4 Å². The molecule has 2 aromatic rings. The summed E-state index contributed by atoms with van der Waals surface area (Å²) in [6.45, 7) is 7.20. The molecular weight excluding hydrogens is 537 g/mol. The van der Waals surface area contributed by atoms with Crippen LogP contribution < -0.4 is 10.1 Å². The lowest BCUT2D eigenvalue weighted by Crippen LogP contribution is -2.45. The quantitative estimate of drug-likeness (QED) is 0.277. The lowest BCUT2D eigenvalue weighted by Gasteiger charge is -2.35. The number of aryl methyl sites for hydroxylation is 1. The standard InChI is InChI=1S/C27H31F3N2O6S/c1-5-32(25(36)31-18-8-11-20(12-9-18)38-27(28,29)30)19-10-7-16-15-22(39-26(3,4)24(34)35)21(14-17(16)13-19)23(33)37-6-2/h8-9,11-12,14-15,19H,5-7,10,13H2,1-4H3,(H,31,36)(H,34,35). The van der Waals surface area contributed by atoms with Gasteiger partial charge in [0.2, 0.25) is 0 Å². The van der Waals surface area contributed by atoms with E-state index in [0.717, 1.165) is 35.0 Å². The fraction of sp³-hybridized carbons (Fsp3) is 0.444. The van der Waals surface area contributed by atoms with E-state index in [2.05, 4.69) is 10.1 Å². The summed E-state index contributed by atoms with van der Waals surface area (Å²) in [7, 11) is 0. The summed E-state index contributed by atoms with van der Waals surface area (Å²) < 4.78 is 45.1. The molecule has 0 radical (unpaired) electrons. The van der Waals surface area contributed by atoms with Crippen LogP contribution in [-0.2, 0) is 22.4 Å². The van der Waals surface area contributed by atoms with Crippen LogP contribution in [0.5, 0.6) is 5.75 Å². The highest BCUT2D eigenvalue weighted by Crippen LogP contribution is 2.39. The third-order valence-corrected chi connectivity index (χ3v) is 7.50. The Morgan fingerprint density at radius 1 is 1.10 bits per heavy atom. The number of carboxylic acids is 1. The van der Waals surface area contributed by atoms with E-state index in [4.69, 9.17) is 4.74 Å². The molecule has 0 heterocycles. The Labute approximate surface area is 228 Å². The van der Waals surface area contributed by atoms with E-state index in [1.54, 1.807) is 31.7 Å². The van der Waals surface area contributed by atoms with Crippen LogP contribution in [0.4, 0.5) is 23.7 Å². The van der Waals surface area contributed by atoms with Gasteiger partial charge in [-0.3, -0.25) is 4.79 Å². The van der Waals surface area contributed by atoms with Gasteiger partial charge in [0.1, 0.15) is 10.5 Å². The molecule has 0 aromatic heterocycles. The van der Waals surface area contributed by atoms with Crippen LogP contribution in [-0.4, -0.2) is 58.3 Å². The van der Waals surface area contributed by atoms with Crippen LogP contribution in [0.3, 0.4) is 0 Å². The average molecular weight is 569 g/mol. The van der Waals surface area contributed by atoms with E-state index in [1.165, 1.54) is 12.1 Å². The molecule has 1 aliphatic rings. The number of carbonyl (C=O) groups is 3. The molecule has 0 fully saturated rings. The number of urea groups is 1. The summed E-state index contributed by atoms with van der Waals surface area (Å²) in [6.07, 6.45) is -3.09. The first-order valence-electron chi connectivity index (χ1n) is 12.4. The number of alkyl halides is 3. The summed E-state index contributed by atoms with van der Waals surface area (Å²) in [6, 6.07) is 7.86. The van der Waals surface area contributed by atoms with Crippen LogP contribution in [0.1, 0.15) is 55.6 Å².